The van der Waals surface area contributed by atoms with Gasteiger partial charge in [-0.25, -0.2) is 4.79 Å². The highest BCUT2D eigenvalue weighted by Crippen LogP contribution is 2.35. The molecule has 0 saturated carbocycles. The third kappa shape index (κ3) is 9.57. The summed E-state index contributed by atoms with van der Waals surface area (Å²) in [6, 6.07) is 23.2. The smallest absolute Gasteiger partial charge is 0.407 e. The number of likely N-dealkylation sites (N-methyl/N-ethyl adjacent to an activating group) is 1. The second-order valence-electron chi connectivity index (χ2n) is 14.7. The Kier molecular flexibility index (Phi) is 12.7. The fourth-order valence-electron chi connectivity index (χ4n) is 7.85. The fourth-order valence-corrected chi connectivity index (χ4v) is 8.74. The van der Waals surface area contributed by atoms with Crippen LogP contribution in [0.15, 0.2) is 71.6 Å². The zero-order valence-corrected chi connectivity index (χ0v) is 33.1. The molecule has 3 aromatic carbocycles. The molecule has 7 rings (SSSR count). The van der Waals surface area contributed by atoms with Crippen molar-refractivity contribution in [2.75, 3.05) is 82.6 Å². The number of amides is 1. The van der Waals surface area contributed by atoms with Crippen LogP contribution in [0.4, 0.5) is 16.3 Å². The second kappa shape index (κ2) is 18.0. The van der Waals surface area contributed by atoms with E-state index in [2.05, 4.69) is 57.2 Å². The van der Waals surface area contributed by atoms with Crippen LogP contribution in [-0.4, -0.2) is 130 Å². The van der Waals surface area contributed by atoms with Gasteiger partial charge in [-0.15, -0.1) is 0 Å². The van der Waals surface area contributed by atoms with Crippen LogP contribution in [0.5, 0.6) is 6.01 Å². The first-order valence-corrected chi connectivity index (χ1v) is 20.7. The predicted molar refractivity (Wildman–Crippen MR) is 213 cm³/mol. The topological polar surface area (TPSA) is 171 Å². The number of aromatic nitrogens is 2. The first-order valence-electron chi connectivity index (χ1n) is 19.3. The van der Waals surface area contributed by atoms with Gasteiger partial charge in [-0.3, -0.25) is 9.08 Å². The summed E-state index contributed by atoms with van der Waals surface area (Å²) in [5.74, 6) is 0.736. The number of anilines is 2. The molecule has 0 radical (unpaired) electrons. The summed E-state index contributed by atoms with van der Waals surface area (Å²) < 4.78 is 47.9. The van der Waals surface area contributed by atoms with E-state index in [1.165, 1.54) is 27.8 Å². The van der Waals surface area contributed by atoms with E-state index in [-0.39, 0.29) is 49.2 Å². The van der Waals surface area contributed by atoms with Gasteiger partial charge in [-0.05, 0) is 50.4 Å². The molecule has 4 heterocycles. The lowest BCUT2D eigenvalue weighted by Gasteiger charge is -2.41. The van der Waals surface area contributed by atoms with Gasteiger partial charge in [0.1, 0.15) is 12.4 Å². The summed E-state index contributed by atoms with van der Waals surface area (Å²) in [5.41, 5.74) is 3.98. The van der Waals surface area contributed by atoms with E-state index < -0.39 is 22.3 Å². The normalized spacial score (nSPS) is 20.1. The molecule has 0 spiro atoms. The molecule has 4 aromatic rings. The Morgan fingerprint density at radius 2 is 1.72 bits per heavy atom. The van der Waals surface area contributed by atoms with Gasteiger partial charge in [0.25, 0.3) is 10.1 Å². The van der Waals surface area contributed by atoms with E-state index in [9.17, 15) is 23.6 Å². The zero-order chi connectivity index (χ0) is 39.9. The van der Waals surface area contributed by atoms with Crippen LogP contribution in [0, 0.1) is 18.3 Å². The van der Waals surface area contributed by atoms with E-state index in [4.69, 9.17) is 28.4 Å². The molecule has 1 amide bonds. The molecular formula is C41H49N7O8S. The van der Waals surface area contributed by atoms with Crippen LogP contribution in [0.25, 0.3) is 10.8 Å². The molecular weight excluding hydrogens is 751 g/mol. The molecule has 0 unspecified atom stereocenters. The number of piperazine rings is 1. The van der Waals surface area contributed by atoms with Crippen LogP contribution < -0.4 is 14.5 Å². The lowest BCUT2D eigenvalue weighted by molar-refractivity contribution is 0.00402. The molecule has 2 fully saturated rings. The van der Waals surface area contributed by atoms with Crippen LogP contribution in [0.3, 0.4) is 0 Å². The van der Waals surface area contributed by atoms with Crippen LogP contribution in [-0.2, 0) is 36.7 Å². The molecule has 0 bridgehead atoms. The monoisotopic (exact) mass is 799 g/mol. The van der Waals surface area contributed by atoms with Crippen molar-refractivity contribution in [2.45, 2.75) is 55.8 Å². The molecule has 57 heavy (non-hydrogen) atoms. The predicted octanol–water partition coefficient (Wildman–Crippen LogP) is 4.47. The van der Waals surface area contributed by atoms with Gasteiger partial charge in [0, 0.05) is 55.4 Å². The Hall–Kier alpha value is -5.05. The van der Waals surface area contributed by atoms with Crippen molar-refractivity contribution < 1.29 is 36.7 Å². The van der Waals surface area contributed by atoms with Gasteiger partial charge in [-0.2, -0.15) is 23.6 Å². The molecule has 3 atom stereocenters. The molecule has 302 valence electrons. The summed E-state index contributed by atoms with van der Waals surface area (Å²) in [6.45, 7) is 5.99. The van der Waals surface area contributed by atoms with Crippen LogP contribution in [0.1, 0.15) is 29.7 Å². The molecule has 3 aliphatic heterocycles. The molecule has 15 nitrogen and oxygen atoms in total. The van der Waals surface area contributed by atoms with Gasteiger partial charge < -0.3 is 34.0 Å². The number of likely N-dealkylation sites (tertiary alicyclic amines) is 1. The van der Waals surface area contributed by atoms with E-state index in [0.717, 1.165) is 41.3 Å². The Morgan fingerprint density at radius 1 is 0.930 bits per heavy atom. The van der Waals surface area contributed by atoms with Crippen molar-refractivity contribution in [3.63, 3.8) is 0 Å². The molecule has 3 aliphatic rings. The van der Waals surface area contributed by atoms with Gasteiger partial charge in [-0.1, -0.05) is 54.1 Å². The molecule has 1 N–H and O–H groups in total. The molecule has 1 aromatic heterocycles. The van der Waals surface area contributed by atoms with E-state index in [1.807, 2.05) is 20.0 Å². The number of carbonyl (C=O) groups is 1. The number of nitriles is 1. The zero-order valence-electron chi connectivity index (χ0n) is 32.3. The minimum atomic E-state index is -3.84. The summed E-state index contributed by atoms with van der Waals surface area (Å²) in [5, 5.41) is 21.7. The van der Waals surface area contributed by atoms with Crippen LogP contribution in [0.2, 0.25) is 0 Å². The standard InChI is InChI=1S/C41H49N7O8S/c1-29-10-12-34(13-11-29)57(51,52)56-23-21-53-20-22-54-33-24-32(45(2)26-33)28-55-40-43-37-27-46(38-9-5-7-30-6-3-4-8-35(30)38)17-15-36(37)39(44-40)47-18-19-48(41(49)50)31(25-47)14-16-42/h3-13,31-33H,14-15,17-28H2,1-2H3,(H,49,50)/t31-,32-,33+/m0/s1. The Bertz CT molecular complexity index is 2180. The van der Waals surface area contributed by atoms with Crippen molar-refractivity contribution in [2.24, 2.45) is 0 Å². The van der Waals surface area contributed by atoms with Crippen molar-refractivity contribution in [1.29, 1.82) is 5.26 Å². The lowest BCUT2D eigenvalue weighted by Crippen LogP contribution is -2.55. The number of hydrogen-bond acceptors (Lipinski definition) is 13. The number of ether oxygens (including phenoxy) is 3. The van der Waals surface area contributed by atoms with Gasteiger partial charge in [0.15, 0.2) is 0 Å². The Morgan fingerprint density at radius 3 is 2.53 bits per heavy atom. The summed E-state index contributed by atoms with van der Waals surface area (Å²) in [7, 11) is -1.81. The van der Waals surface area contributed by atoms with E-state index in [0.29, 0.717) is 52.4 Å². The summed E-state index contributed by atoms with van der Waals surface area (Å²) >= 11 is 0. The number of hydrogen-bond donors (Lipinski definition) is 1. The first kappa shape index (κ1) is 40.2. The maximum Gasteiger partial charge on any atom is 0.407 e. The maximum absolute atomic E-state index is 12.4. The Labute approximate surface area is 333 Å². The van der Waals surface area contributed by atoms with Crippen LogP contribution >= 0.6 is 0 Å². The SMILES string of the molecule is Cc1ccc(S(=O)(=O)OCCOCCO[C@@H]2C[C@@H](COc3nc4c(c(N5CCN(C(=O)O)[C@@H](CC#N)C5)n3)CCN(c3cccc5ccccc35)C4)N(C)C2)cc1. The van der Waals surface area contributed by atoms with Gasteiger partial charge in [0.05, 0.1) is 68.2 Å². The number of aryl methyl sites for hydroxylation is 1. The third-order valence-corrected chi connectivity index (χ3v) is 12.2. The highest BCUT2D eigenvalue weighted by atomic mass is 32.2. The number of benzene rings is 3. The van der Waals surface area contributed by atoms with Crippen molar-refractivity contribution >= 4 is 38.5 Å². The number of nitrogens with zero attached hydrogens (tertiary/aromatic N) is 7. The molecule has 16 heteroatoms. The fraction of sp³-hybridized carbons (Fsp3) is 0.463. The highest BCUT2D eigenvalue weighted by Gasteiger charge is 2.35. The average Bonchev–Trinajstić information content (AvgIpc) is 3.57. The van der Waals surface area contributed by atoms with Gasteiger partial charge >= 0.3 is 12.1 Å². The second-order valence-corrected chi connectivity index (χ2v) is 16.3. The van der Waals surface area contributed by atoms with Crippen molar-refractivity contribution in [3.8, 4) is 12.1 Å². The minimum absolute atomic E-state index is 0.0396. The number of fused-ring (bicyclic) bond motifs is 2. The molecule has 0 aliphatic carbocycles. The number of rotatable bonds is 15. The lowest BCUT2D eigenvalue weighted by atomic mass is 10.0. The Balaban J connectivity index is 0.972. The van der Waals surface area contributed by atoms with E-state index in [1.54, 1.807) is 12.1 Å². The van der Waals surface area contributed by atoms with Crippen molar-refractivity contribution in [3.05, 3.63) is 83.6 Å². The summed E-state index contributed by atoms with van der Waals surface area (Å²) in [6.07, 6.45) is 0.451. The van der Waals surface area contributed by atoms with E-state index >= 15 is 0 Å². The minimum Gasteiger partial charge on any atom is -0.465 e. The van der Waals surface area contributed by atoms with Gasteiger partial charge in [0.2, 0.25) is 0 Å². The largest absolute Gasteiger partial charge is 0.465 e. The molecule has 2 saturated heterocycles. The maximum atomic E-state index is 12.4. The third-order valence-electron chi connectivity index (χ3n) is 10.9. The quantitative estimate of drug-likeness (QED) is 0.132. The summed E-state index contributed by atoms with van der Waals surface area (Å²) in [4.78, 5) is 30.0. The number of carboxylic acid groups (broad SMARTS) is 1. The highest BCUT2D eigenvalue weighted by molar-refractivity contribution is 7.86. The van der Waals surface area contributed by atoms with Crippen molar-refractivity contribution in [1.82, 2.24) is 19.8 Å². The average molecular weight is 800 g/mol. The first-order chi connectivity index (χ1) is 27.6.